The van der Waals surface area contributed by atoms with Gasteiger partial charge in [-0.2, -0.15) is 0 Å². The third-order valence-electron chi connectivity index (χ3n) is 1.33. The van der Waals surface area contributed by atoms with Gasteiger partial charge in [-0.3, -0.25) is 4.18 Å². The first-order chi connectivity index (χ1) is 6.62. The zero-order valence-electron chi connectivity index (χ0n) is 8.07. The predicted octanol–water partition coefficient (Wildman–Crippen LogP) is 0.722. The predicted molar refractivity (Wildman–Crippen MR) is 62.8 cm³/mol. The van der Waals surface area contributed by atoms with Crippen molar-refractivity contribution in [3.63, 3.8) is 0 Å². The number of rotatable bonds is 9. The Bertz CT molecular complexity index is 218. The van der Waals surface area contributed by atoms with Gasteiger partial charge >= 0.3 is 0 Å². The fraction of sp³-hybridized carbons (Fsp3) is 1.00. The van der Waals surface area contributed by atoms with Crippen molar-refractivity contribution in [2.45, 2.75) is 0 Å². The van der Waals surface area contributed by atoms with Crippen LogP contribution in [0.15, 0.2) is 0 Å². The highest BCUT2D eigenvalue weighted by Crippen LogP contribution is 1.91. The molecule has 0 rings (SSSR count). The van der Waals surface area contributed by atoms with Crippen LogP contribution in [0.1, 0.15) is 0 Å². The maximum Gasteiger partial charge on any atom is 0.146 e. The van der Waals surface area contributed by atoms with E-state index in [0.717, 1.165) is 5.33 Å². The highest BCUT2D eigenvalue weighted by molar-refractivity contribution is 9.09. The third kappa shape index (κ3) is 9.29. The van der Waals surface area contributed by atoms with Crippen LogP contribution in [-0.2, 0) is 33.6 Å². The Balaban J connectivity index is 3.22. The van der Waals surface area contributed by atoms with Crippen molar-refractivity contribution in [2.75, 3.05) is 44.6 Å². The zero-order chi connectivity index (χ0) is 10.9. The lowest BCUT2D eigenvalue weighted by Crippen LogP contribution is -2.14. The second kappa shape index (κ2) is 8.99. The van der Waals surface area contributed by atoms with Crippen LogP contribution in [0.5, 0.6) is 0 Å². The number of hydrogen-bond donors (Lipinski definition) is 0. The molecule has 4 nitrogen and oxygen atoms in total. The average Bonchev–Trinajstić information content (AvgIpc) is 2.16. The van der Waals surface area contributed by atoms with Crippen LogP contribution in [0.4, 0.5) is 0 Å². The summed E-state index contributed by atoms with van der Waals surface area (Å²) >= 11 is 7.89. The second-order valence-electron chi connectivity index (χ2n) is 2.34. The van der Waals surface area contributed by atoms with E-state index in [-0.39, 0.29) is 5.75 Å². The van der Waals surface area contributed by atoms with Crippen molar-refractivity contribution in [2.24, 2.45) is 0 Å². The number of halogens is 1. The second-order valence-corrected chi connectivity index (χ2v) is 6.52. The quantitative estimate of drug-likeness (QED) is 0.464. The monoisotopic (exact) mass is 306 g/mol. The highest BCUT2D eigenvalue weighted by Gasteiger charge is 2.02. The molecule has 0 N–H and O–H groups in total. The maximum atomic E-state index is 11.2. The third-order valence-corrected chi connectivity index (χ3v) is 3.73. The summed E-state index contributed by atoms with van der Waals surface area (Å²) in [5.74, 6) is 0.247. The van der Waals surface area contributed by atoms with Gasteiger partial charge in [0.1, 0.15) is 8.77 Å². The molecule has 0 heterocycles. The minimum atomic E-state index is -2.56. The van der Waals surface area contributed by atoms with Gasteiger partial charge < -0.3 is 9.47 Å². The van der Waals surface area contributed by atoms with E-state index in [9.17, 15) is 4.21 Å². The van der Waals surface area contributed by atoms with E-state index in [4.69, 9.17) is 9.47 Å². The first kappa shape index (κ1) is 14.7. The summed E-state index contributed by atoms with van der Waals surface area (Å²) in [4.78, 5) is 0. The Morgan fingerprint density at radius 2 is 1.79 bits per heavy atom. The average molecular weight is 307 g/mol. The Morgan fingerprint density at radius 3 is 2.29 bits per heavy atom. The van der Waals surface area contributed by atoms with Gasteiger partial charge in [-0.05, 0) is 0 Å². The molecule has 0 aromatic rings. The molecule has 14 heavy (non-hydrogen) atoms. The summed E-state index contributed by atoms with van der Waals surface area (Å²) in [5.41, 5.74) is 0. The molecule has 0 radical (unpaired) electrons. The Kier molecular flexibility index (Phi) is 9.46. The van der Waals surface area contributed by atoms with Gasteiger partial charge in [0.05, 0.1) is 39.3 Å². The Labute approximate surface area is 98.3 Å². The van der Waals surface area contributed by atoms with Crippen LogP contribution in [0, 0.1) is 0 Å². The van der Waals surface area contributed by atoms with Crippen LogP contribution < -0.4 is 0 Å². The van der Waals surface area contributed by atoms with E-state index >= 15 is 0 Å². The molecular formula is C7H15BrO4S2. The fourth-order valence-electron chi connectivity index (χ4n) is 0.621. The lowest BCUT2D eigenvalue weighted by atomic mass is 10.7. The number of ether oxygens (including phenoxy) is 2. The van der Waals surface area contributed by atoms with Crippen molar-refractivity contribution in [3.8, 4) is 0 Å². The van der Waals surface area contributed by atoms with Crippen LogP contribution in [0.3, 0.4) is 0 Å². The van der Waals surface area contributed by atoms with E-state index in [1.807, 2.05) is 0 Å². The zero-order valence-corrected chi connectivity index (χ0v) is 11.3. The summed E-state index contributed by atoms with van der Waals surface area (Å²) in [6.07, 6.45) is 0. The molecule has 0 aromatic heterocycles. The molecule has 1 unspecified atom stereocenters. The fourth-order valence-corrected chi connectivity index (χ4v) is 1.54. The number of alkyl halides is 1. The van der Waals surface area contributed by atoms with Gasteiger partial charge in [0, 0.05) is 16.5 Å². The lowest BCUT2D eigenvalue weighted by molar-refractivity contribution is 0.0602. The van der Waals surface area contributed by atoms with Gasteiger partial charge in [0.15, 0.2) is 0 Å². The summed E-state index contributed by atoms with van der Waals surface area (Å²) in [6, 6.07) is 0. The molecule has 0 spiro atoms. The van der Waals surface area contributed by atoms with Crippen molar-refractivity contribution >= 4 is 35.9 Å². The molecule has 1 atom stereocenters. The summed E-state index contributed by atoms with van der Waals surface area (Å²) in [5, 5.41) is 0.816. The molecule has 0 amide bonds. The normalized spacial score (nSPS) is 15.3. The number of hydrogen-bond acceptors (Lipinski definition) is 5. The Morgan fingerprint density at radius 1 is 1.21 bits per heavy atom. The van der Waals surface area contributed by atoms with Crippen molar-refractivity contribution in [3.05, 3.63) is 0 Å². The first-order valence-electron chi connectivity index (χ1n) is 4.12. The molecule has 0 fully saturated rings. The topological polar surface area (TPSA) is 44.8 Å². The van der Waals surface area contributed by atoms with Crippen molar-refractivity contribution in [1.29, 1.82) is 0 Å². The molecule has 0 aliphatic carbocycles. The SMILES string of the molecule is COS(=O)(=S)CCOCCOCCBr. The van der Waals surface area contributed by atoms with Gasteiger partial charge in [-0.25, -0.2) is 4.21 Å². The van der Waals surface area contributed by atoms with Gasteiger partial charge in [-0.1, -0.05) is 15.9 Å². The van der Waals surface area contributed by atoms with Crippen LogP contribution in [0.2, 0.25) is 0 Å². The molecule has 0 aliphatic rings. The largest absolute Gasteiger partial charge is 0.378 e. The van der Waals surface area contributed by atoms with Crippen LogP contribution in [0.25, 0.3) is 0 Å². The van der Waals surface area contributed by atoms with E-state index in [2.05, 4.69) is 31.3 Å². The van der Waals surface area contributed by atoms with Crippen LogP contribution >= 0.6 is 15.9 Å². The molecular weight excluding hydrogens is 292 g/mol. The molecule has 0 saturated carbocycles. The minimum absolute atomic E-state index is 0.247. The molecule has 0 saturated heterocycles. The highest BCUT2D eigenvalue weighted by atomic mass is 79.9. The summed E-state index contributed by atoms with van der Waals surface area (Å²) < 4.78 is 26.1. The van der Waals surface area contributed by atoms with E-state index in [0.29, 0.717) is 26.4 Å². The molecule has 7 heteroatoms. The van der Waals surface area contributed by atoms with Gasteiger partial charge in [-0.15, -0.1) is 0 Å². The van der Waals surface area contributed by atoms with Crippen molar-refractivity contribution in [1.82, 2.24) is 0 Å². The summed E-state index contributed by atoms with van der Waals surface area (Å²) in [6.45, 7) is 2.03. The molecule has 0 bridgehead atoms. The smallest absolute Gasteiger partial charge is 0.146 e. The van der Waals surface area contributed by atoms with Gasteiger partial charge in [0.25, 0.3) is 0 Å². The summed E-state index contributed by atoms with van der Waals surface area (Å²) in [7, 11) is -1.22. The van der Waals surface area contributed by atoms with Crippen molar-refractivity contribution < 1.29 is 17.9 Å². The van der Waals surface area contributed by atoms with E-state index < -0.39 is 8.77 Å². The van der Waals surface area contributed by atoms with E-state index in [1.54, 1.807) is 0 Å². The Hall–Kier alpha value is 0.730. The van der Waals surface area contributed by atoms with Crippen LogP contribution in [-0.4, -0.2) is 48.8 Å². The van der Waals surface area contributed by atoms with E-state index in [1.165, 1.54) is 7.11 Å². The lowest BCUT2D eigenvalue weighted by Gasteiger charge is -2.06. The standard InChI is InChI=1S/C7H15BrO4S2/c1-10-14(9,13)7-6-12-5-4-11-3-2-8/h2-7H2,1H3. The first-order valence-corrected chi connectivity index (χ1v) is 7.82. The molecule has 0 aromatic carbocycles. The molecule has 0 aliphatic heterocycles. The van der Waals surface area contributed by atoms with Gasteiger partial charge in [0.2, 0.25) is 0 Å². The molecule has 86 valence electrons. The minimum Gasteiger partial charge on any atom is -0.378 e. The maximum absolute atomic E-state index is 11.2.